The lowest BCUT2D eigenvalue weighted by Gasteiger charge is -2.31. The molecule has 0 heterocycles. The lowest BCUT2D eigenvalue weighted by atomic mass is 10.0. The molecule has 0 saturated carbocycles. The number of ketones is 1. The van der Waals surface area contributed by atoms with Crippen LogP contribution in [-0.4, -0.2) is 22.9 Å². The van der Waals surface area contributed by atoms with E-state index in [1.54, 1.807) is 24.3 Å². The Bertz CT molecular complexity index is 1160. The van der Waals surface area contributed by atoms with Gasteiger partial charge in [-0.3, -0.25) is 4.79 Å². The number of hydrogen-bond donors (Lipinski definition) is 2. The van der Waals surface area contributed by atoms with Gasteiger partial charge >= 0.3 is 5.97 Å². The molecule has 1 unspecified atom stereocenters. The standard InChI is InChI=1S/C30H28NO3P/c1-2-28(29(32)22-23-18-20-24(21-19-23)30(33)34)31-35(25-12-6-3-7-13-25,26-14-8-4-9-15-26)27-16-10-5-11-17-27/h3-21,28,31H,2,22H2,1H3/p+1. The molecule has 4 aromatic carbocycles. The van der Waals surface area contributed by atoms with Crippen LogP contribution < -0.4 is 21.0 Å². The van der Waals surface area contributed by atoms with E-state index in [4.69, 9.17) is 5.11 Å². The SMILES string of the molecule is CCC(N[P+](c1ccccc1)(c1ccccc1)c1ccccc1)C(=O)Cc1ccc(C(=O)O)cc1. The smallest absolute Gasteiger partial charge is 0.335 e. The van der Waals surface area contributed by atoms with Gasteiger partial charge in [-0.1, -0.05) is 73.7 Å². The first-order chi connectivity index (χ1) is 17.0. The van der Waals surface area contributed by atoms with Crippen LogP contribution in [0.4, 0.5) is 0 Å². The van der Waals surface area contributed by atoms with Gasteiger partial charge in [-0.2, -0.15) is 5.09 Å². The second-order valence-corrected chi connectivity index (χ2v) is 11.6. The highest BCUT2D eigenvalue weighted by Crippen LogP contribution is 2.51. The Morgan fingerprint density at radius 2 is 1.14 bits per heavy atom. The van der Waals surface area contributed by atoms with Crippen LogP contribution in [0, 0.1) is 0 Å². The molecule has 0 amide bonds. The molecule has 4 nitrogen and oxygen atoms in total. The number of aromatic carboxylic acids is 1. The van der Waals surface area contributed by atoms with Gasteiger partial charge in [0.05, 0.1) is 5.56 Å². The quantitative estimate of drug-likeness (QED) is 0.320. The van der Waals surface area contributed by atoms with Crippen molar-refractivity contribution in [1.29, 1.82) is 0 Å². The van der Waals surface area contributed by atoms with Crippen LogP contribution in [0.1, 0.15) is 29.3 Å². The van der Waals surface area contributed by atoms with Crippen molar-refractivity contribution in [2.75, 3.05) is 0 Å². The summed E-state index contributed by atoms with van der Waals surface area (Å²) in [6.07, 6.45) is 0.879. The summed E-state index contributed by atoms with van der Waals surface area (Å²) in [6.45, 7) is 2.03. The van der Waals surface area contributed by atoms with Crippen molar-refractivity contribution < 1.29 is 14.7 Å². The number of carboxylic acid groups (broad SMARTS) is 1. The first-order valence-electron chi connectivity index (χ1n) is 11.7. The van der Waals surface area contributed by atoms with Crippen molar-refractivity contribution in [2.24, 2.45) is 0 Å². The van der Waals surface area contributed by atoms with E-state index in [1.807, 2.05) is 61.5 Å². The van der Waals surface area contributed by atoms with Crippen LogP contribution in [-0.2, 0) is 11.2 Å². The summed E-state index contributed by atoms with van der Waals surface area (Å²) in [6, 6.07) is 37.3. The van der Waals surface area contributed by atoms with Gasteiger partial charge in [-0.25, -0.2) is 4.79 Å². The van der Waals surface area contributed by atoms with Crippen molar-refractivity contribution in [3.8, 4) is 0 Å². The number of nitrogens with one attached hydrogen (secondary N) is 1. The number of rotatable bonds is 10. The molecule has 2 N–H and O–H groups in total. The van der Waals surface area contributed by atoms with Crippen molar-refractivity contribution >= 4 is 35.1 Å². The Morgan fingerprint density at radius 3 is 1.51 bits per heavy atom. The zero-order chi connectivity index (χ0) is 24.7. The van der Waals surface area contributed by atoms with E-state index in [0.29, 0.717) is 6.42 Å². The number of carbonyl (C=O) groups excluding carboxylic acids is 1. The summed E-state index contributed by atoms with van der Waals surface area (Å²) in [5.74, 6) is -0.887. The van der Waals surface area contributed by atoms with Crippen LogP contribution in [0.3, 0.4) is 0 Å². The summed E-state index contributed by atoms with van der Waals surface area (Å²) in [7, 11) is -2.35. The van der Waals surface area contributed by atoms with E-state index in [2.05, 4.69) is 41.5 Å². The lowest BCUT2D eigenvalue weighted by molar-refractivity contribution is -0.120. The molecule has 176 valence electrons. The van der Waals surface area contributed by atoms with Gasteiger partial charge in [0.2, 0.25) is 0 Å². The van der Waals surface area contributed by atoms with E-state index in [0.717, 1.165) is 21.5 Å². The Hall–Kier alpha value is -3.59. The molecule has 0 aliphatic heterocycles. The van der Waals surface area contributed by atoms with E-state index in [9.17, 15) is 9.59 Å². The van der Waals surface area contributed by atoms with Crippen molar-refractivity contribution in [1.82, 2.24) is 5.09 Å². The van der Waals surface area contributed by atoms with Gasteiger partial charge in [0.15, 0.2) is 13.2 Å². The van der Waals surface area contributed by atoms with Gasteiger partial charge in [-0.15, -0.1) is 0 Å². The van der Waals surface area contributed by atoms with Crippen LogP contribution >= 0.6 is 7.41 Å². The topological polar surface area (TPSA) is 66.4 Å². The third-order valence-corrected chi connectivity index (χ3v) is 10.1. The van der Waals surface area contributed by atoms with E-state index < -0.39 is 13.4 Å². The Labute approximate surface area is 207 Å². The highest BCUT2D eigenvalue weighted by molar-refractivity contribution is 7.94. The van der Waals surface area contributed by atoms with Gasteiger partial charge in [-0.05, 0) is 60.5 Å². The minimum Gasteiger partial charge on any atom is -0.478 e. The molecule has 4 aromatic rings. The second-order valence-electron chi connectivity index (χ2n) is 8.41. The summed E-state index contributed by atoms with van der Waals surface area (Å²) in [5.41, 5.74) is 1.02. The van der Waals surface area contributed by atoms with Gasteiger partial charge in [0, 0.05) is 6.42 Å². The number of hydrogen-bond acceptors (Lipinski definition) is 3. The van der Waals surface area contributed by atoms with Gasteiger partial charge in [0.1, 0.15) is 22.0 Å². The molecule has 0 saturated heterocycles. The largest absolute Gasteiger partial charge is 0.478 e. The summed E-state index contributed by atoms with van der Waals surface area (Å²) in [4.78, 5) is 24.7. The number of carbonyl (C=O) groups is 2. The molecule has 1 atom stereocenters. The van der Waals surface area contributed by atoms with E-state index in [-0.39, 0.29) is 23.8 Å². The highest BCUT2D eigenvalue weighted by atomic mass is 31.2. The van der Waals surface area contributed by atoms with Crippen molar-refractivity contribution in [3.63, 3.8) is 0 Å². The fourth-order valence-electron chi connectivity index (χ4n) is 4.34. The molecule has 4 rings (SSSR count). The van der Waals surface area contributed by atoms with Gasteiger partial charge < -0.3 is 5.11 Å². The molecule has 0 bridgehead atoms. The monoisotopic (exact) mass is 482 g/mol. The third-order valence-electron chi connectivity index (χ3n) is 6.16. The second kappa shape index (κ2) is 11.2. The summed E-state index contributed by atoms with van der Waals surface area (Å²) in [5, 5.41) is 16.5. The first-order valence-corrected chi connectivity index (χ1v) is 13.5. The van der Waals surface area contributed by atoms with Crippen LogP contribution in [0.2, 0.25) is 0 Å². The molecule has 0 radical (unpaired) electrons. The predicted molar refractivity (Wildman–Crippen MR) is 144 cm³/mol. The molecular weight excluding hydrogens is 453 g/mol. The average molecular weight is 483 g/mol. The molecule has 35 heavy (non-hydrogen) atoms. The Balaban J connectivity index is 1.75. The number of Topliss-reactive ketones (excluding diaryl/α,β-unsaturated/α-hetero) is 1. The minimum absolute atomic E-state index is 0.0859. The maximum atomic E-state index is 13.6. The molecule has 5 heteroatoms. The maximum Gasteiger partial charge on any atom is 0.335 e. The summed E-state index contributed by atoms with van der Waals surface area (Å²) < 4.78 is 0. The molecule has 0 aliphatic carbocycles. The molecule has 0 spiro atoms. The third kappa shape index (κ3) is 5.40. The molecule has 0 aromatic heterocycles. The Kier molecular flexibility index (Phi) is 7.87. The van der Waals surface area contributed by atoms with Crippen LogP contribution in [0.25, 0.3) is 0 Å². The number of carboxylic acids is 1. The minimum atomic E-state index is -2.35. The number of benzene rings is 4. The van der Waals surface area contributed by atoms with Crippen LogP contribution in [0.5, 0.6) is 0 Å². The first kappa shape index (κ1) is 24.5. The maximum absolute atomic E-state index is 13.6. The molecule has 0 fully saturated rings. The van der Waals surface area contributed by atoms with E-state index >= 15 is 0 Å². The van der Waals surface area contributed by atoms with E-state index in [1.165, 1.54) is 0 Å². The molecule has 0 aliphatic rings. The molecular formula is C30H29NO3P+. The fourth-order valence-corrected chi connectivity index (χ4v) is 8.33. The van der Waals surface area contributed by atoms with Crippen molar-refractivity contribution in [3.05, 3.63) is 126 Å². The van der Waals surface area contributed by atoms with Crippen molar-refractivity contribution in [2.45, 2.75) is 25.8 Å². The fraction of sp³-hybridized carbons (Fsp3) is 0.133. The average Bonchev–Trinajstić information content (AvgIpc) is 2.91. The highest BCUT2D eigenvalue weighted by Gasteiger charge is 2.48. The van der Waals surface area contributed by atoms with Crippen LogP contribution in [0.15, 0.2) is 115 Å². The predicted octanol–water partition coefficient (Wildman–Crippen LogP) is 4.77. The lowest BCUT2D eigenvalue weighted by Crippen LogP contribution is -2.47. The van der Waals surface area contributed by atoms with Gasteiger partial charge in [0.25, 0.3) is 0 Å². The summed E-state index contributed by atoms with van der Waals surface area (Å²) >= 11 is 0. The zero-order valence-electron chi connectivity index (χ0n) is 19.7. The Morgan fingerprint density at radius 1 is 0.714 bits per heavy atom. The zero-order valence-corrected chi connectivity index (χ0v) is 20.6. The normalized spacial score (nSPS) is 12.1.